The normalized spacial score (nSPS) is 16.1. The Kier molecular flexibility index (Phi) is 18.0. The van der Waals surface area contributed by atoms with Gasteiger partial charge in [-0.3, -0.25) is 0 Å². The number of allylic oxidation sites excluding steroid dienone is 15. The Hall–Kier alpha value is -7.27. The van der Waals surface area contributed by atoms with Crippen molar-refractivity contribution in [1.29, 1.82) is 5.41 Å². The van der Waals surface area contributed by atoms with E-state index in [1.165, 1.54) is 37.6 Å². The van der Waals surface area contributed by atoms with Gasteiger partial charge in [-0.05, 0) is 106 Å². The van der Waals surface area contributed by atoms with E-state index in [9.17, 15) is 0 Å². The van der Waals surface area contributed by atoms with Gasteiger partial charge in [0.25, 0.3) is 0 Å². The van der Waals surface area contributed by atoms with Crippen LogP contribution in [0.4, 0.5) is 11.4 Å². The third-order valence-corrected chi connectivity index (χ3v) is 11.5. The number of nitrogens with zero attached hydrogens (tertiary/aromatic N) is 2. The molecule has 316 valence electrons. The Balaban J connectivity index is 0.000000213. The molecule has 0 amide bonds. The second kappa shape index (κ2) is 24.2. The molecule has 0 radical (unpaired) electrons. The van der Waals surface area contributed by atoms with E-state index in [2.05, 4.69) is 159 Å². The van der Waals surface area contributed by atoms with Crippen LogP contribution in [-0.2, 0) is 6.42 Å². The summed E-state index contributed by atoms with van der Waals surface area (Å²) < 4.78 is 2.69. The lowest BCUT2D eigenvalue weighted by Gasteiger charge is -2.25. The van der Waals surface area contributed by atoms with Gasteiger partial charge in [-0.2, -0.15) is 0 Å². The van der Waals surface area contributed by atoms with Crippen molar-refractivity contribution in [2.45, 2.75) is 27.2 Å². The Morgan fingerprint density at radius 3 is 2.17 bits per heavy atom. The van der Waals surface area contributed by atoms with E-state index in [-0.39, 0.29) is 0 Å². The first-order chi connectivity index (χ1) is 30.8. The molecule has 0 fully saturated rings. The van der Waals surface area contributed by atoms with Gasteiger partial charge in [0.15, 0.2) is 0 Å². The van der Waals surface area contributed by atoms with Crippen LogP contribution in [0.15, 0.2) is 238 Å². The van der Waals surface area contributed by atoms with E-state index >= 15 is 0 Å². The molecule has 1 aromatic heterocycles. The molecule has 2 aliphatic heterocycles. The Bertz CT molecular complexity index is 2750. The highest BCUT2D eigenvalue weighted by Gasteiger charge is 2.18. The molecule has 0 saturated carbocycles. The van der Waals surface area contributed by atoms with E-state index in [0.717, 1.165) is 63.2 Å². The van der Waals surface area contributed by atoms with Crippen LogP contribution in [0.3, 0.4) is 0 Å². The number of anilines is 2. The van der Waals surface area contributed by atoms with Crippen molar-refractivity contribution in [3.63, 3.8) is 0 Å². The van der Waals surface area contributed by atoms with Crippen LogP contribution in [0.25, 0.3) is 36.9 Å². The van der Waals surface area contributed by atoms with E-state index in [0.29, 0.717) is 0 Å². The van der Waals surface area contributed by atoms with Crippen molar-refractivity contribution in [3.8, 4) is 0 Å². The fourth-order valence-electron chi connectivity index (χ4n) is 6.98. The van der Waals surface area contributed by atoms with Gasteiger partial charge in [0.05, 0.1) is 0 Å². The van der Waals surface area contributed by atoms with E-state index in [1.54, 1.807) is 6.08 Å². The summed E-state index contributed by atoms with van der Waals surface area (Å²) >= 11 is 1.86. The molecule has 5 aromatic carbocycles. The molecular weight excluding hydrogens is 783 g/mol. The van der Waals surface area contributed by atoms with Crippen LogP contribution in [-0.4, -0.2) is 24.7 Å². The topological polar surface area (TPSA) is 30.3 Å². The van der Waals surface area contributed by atoms with Crippen molar-refractivity contribution in [2.75, 3.05) is 18.5 Å². The zero-order valence-corrected chi connectivity index (χ0v) is 38.0. The largest absolute Gasteiger partial charge is 0.357 e. The standard InChI is InChI=1S/C30H28N2.C22H17NS.C5H8.C2H6/c1-23-11-8-9-18-31(4)20-17-27(21-25(23)3)26-15-16-30-29(22-26)24(2)12-10-19-32(30)28-13-6-5-7-14-28;23-15-18(16-7-2-1-3-8-16)14-13-17-9-6-11-20-19-10-4-5-12-21(19)24-22(17)20;1-3-5-4-2;1-2/h5-18,20-22H,1-3,19H2,4H3;1-12,14-15,23H,13H2;3-5H,1H2,2H3;1-2H3/b11-8-,18-9-,20-17-,27-21+;18-14+,23-15?;5-4-;. The molecule has 0 spiro atoms. The van der Waals surface area contributed by atoms with Crippen molar-refractivity contribution in [2.24, 2.45) is 0 Å². The molecule has 6 aromatic rings. The second-order valence-electron chi connectivity index (χ2n) is 14.5. The lowest BCUT2D eigenvalue weighted by molar-refractivity contribution is 0.626. The monoisotopic (exact) mass is 841 g/mol. The molecule has 0 unspecified atom stereocenters. The molecular formula is C59H59N3S. The Morgan fingerprint density at radius 2 is 1.46 bits per heavy atom. The summed E-state index contributed by atoms with van der Waals surface area (Å²) in [4.78, 5) is 4.34. The molecule has 8 rings (SSSR count). The quantitative estimate of drug-likeness (QED) is 0.128. The second-order valence-corrected chi connectivity index (χ2v) is 15.5. The van der Waals surface area contributed by atoms with Crippen molar-refractivity contribution < 1.29 is 0 Å². The van der Waals surface area contributed by atoms with Crippen LogP contribution >= 0.6 is 11.3 Å². The van der Waals surface area contributed by atoms with Gasteiger partial charge in [-0.25, -0.2) is 0 Å². The van der Waals surface area contributed by atoms with Gasteiger partial charge in [-0.1, -0.05) is 180 Å². The highest BCUT2D eigenvalue weighted by atomic mass is 32.1. The molecule has 63 heavy (non-hydrogen) atoms. The van der Waals surface area contributed by atoms with Crippen LogP contribution in [0.2, 0.25) is 0 Å². The van der Waals surface area contributed by atoms with Crippen LogP contribution < -0.4 is 4.90 Å². The molecule has 3 nitrogen and oxygen atoms in total. The molecule has 2 aliphatic rings. The van der Waals surface area contributed by atoms with Crippen molar-refractivity contribution in [3.05, 3.63) is 260 Å². The first-order valence-corrected chi connectivity index (χ1v) is 22.2. The first kappa shape index (κ1) is 46.8. The maximum atomic E-state index is 7.72. The average Bonchev–Trinajstić information content (AvgIpc) is 3.62. The summed E-state index contributed by atoms with van der Waals surface area (Å²) in [5.74, 6) is 0. The summed E-state index contributed by atoms with van der Waals surface area (Å²) in [7, 11) is 2.02. The van der Waals surface area contributed by atoms with Crippen LogP contribution in [0.1, 0.15) is 43.0 Å². The minimum atomic E-state index is 0.804. The number of nitrogens with one attached hydrogen (secondary N) is 1. The van der Waals surface area contributed by atoms with Gasteiger partial charge < -0.3 is 15.2 Å². The Labute approximate surface area is 380 Å². The SMILES string of the molecule is C=C/C=C\C.C=C1/C=C\C=C/N(C)/C=C\C(c2ccc3c(c2)C(=C)C=CCN3c2ccccc2)=C/C1=C.CC.N=C/C(=C\Cc1cccc2c1sc1ccccc12)c1ccccc1. The van der Waals surface area contributed by atoms with E-state index < -0.39 is 0 Å². The number of thiophene rings is 1. The number of hydrogen-bond donors (Lipinski definition) is 1. The molecule has 4 heteroatoms. The number of hydrogen-bond acceptors (Lipinski definition) is 4. The van der Waals surface area contributed by atoms with Gasteiger partial charge in [0.1, 0.15) is 0 Å². The number of para-hydroxylation sites is 1. The van der Waals surface area contributed by atoms with Gasteiger partial charge >= 0.3 is 0 Å². The van der Waals surface area contributed by atoms with Crippen molar-refractivity contribution in [1.82, 2.24) is 4.90 Å². The first-order valence-electron chi connectivity index (χ1n) is 21.4. The highest BCUT2D eigenvalue weighted by Crippen LogP contribution is 2.38. The van der Waals surface area contributed by atoms with Gasteiger partial charge in [0, 0.05) is 69.3 Å². The predicted molar refractivity (Wildman–Crippen MR) is 282 cm³/mol. The lowest BCUT2D eigenvalue weighted by Crippen LogP contribution is -2.17. The molecule has 0 aliphatic carbocycles. The lowest BCUT2D eigenvalue weighted by atomic mass is 9.95. The maximum absolute atomic E-state index is 7.72. The van der Waals surface area contributed by atoms with Gasteiger partial charge in [-0.15, -0.1) is 11.3 Å². The molecule has 0 saturated heterocycles. The summed E-state index contributed by atoms with van der Waals surface area (Å²) in [6.07, 6.45) is 28.5. The summed E-state index contributed by atoms with van der Waals surface area (Å²) in [5.41, 5.74) is 11.8. The highest BCUT2D eigenvalue weighted by molar-refractivity contribution is 7.26. The van der Waals surface area contributed by atoms with E-state index in [1.807, 2.05) is 111 Å². The number of rotatable bonds is 7. The summed E-state index contributed by atoms with van der Waals surface area (Å²) in [6.45, 7) is 22.9. The van der Waals surface area contributed by atoms with E-state index in [4.69, 9.17) is 5.41 Å². The summed E-state index contributed by atoms with van der Waals surface area (Å²) in [5, 5.41) is 10.4. The zero-order chi connectivity index (χ0) is 45.0. The minimum Gasteiger partial charge on any atom is -0.357 e. The average molecular weight is 842 g/mol. The molecule has 3 heterocycles. The summed E-state index contributed by atoms with van der Waals surface area (Å²) in [6, 6.07) is 42.3. The number of benzene rings is 5. The smallest absolute Gasteiger partial charge is 0.0493 e. The van der Waals surface area contributed by atoms with Crippen LogP contribution in [0.5, 0.6) is 0 Å². The third-order valence-electron chi connectivity index (χ3n) is 10.2. The van der Waals surface area contributed by atoms with Crippen LogP contribution in [0, 0.1) is 5.41 Å². The number of fused-ring (bicyclic) bond motifs is 4. The maximum Gasteiger partial charge on any atom is 0.0493 e. The Morgan fingerprint density at radius 1 is 0.746 bits per heavy atom. The molecule has 0 bridgehead atoms. The fraction of sp³-hybridized carbons (Fsp3) is 0.102. The minimum absolute atomic E-state index is 0.804. The molecule has 1 N–H and O–H groups in total. The molecule has 0 atom stereocenters. The predicted octanol–water partition coefficient (Wildman–Crippen LogP) is 16.5. The zero-order valence-electron chi connectivity index (χ0n) is 37.2. The van der Waals surface area contributed by atoms with Gasteiger partial charge in [0.2, 0.25) is 0 Å². The third kappa shape index (κ3) is 12.6. The fourth-order valence-corrected chi connectivity index (χ4v) is 8.21. The van der Waals surface area contributed by atoms with Crippen molar-refractivity contribution >= 4 is 65.8 Å².